The molecule has 1 unspecified atom stereocenters. The van der Waals surface area contributed by atoms with Gasteiger partial charge in [-0.15, -0.1) is 16.4 Å². The molecule has 5 heterocycles. The van der Waals surface area contributed by atoms with Crippen LogP contribution in [0.5, 0.6) is 5.88 Å². The van der Waals surface area contributed by atoms with Crippen molar-refractivity contribution in [3.8, 4) is 17.5 Å². The van der Waals surface area contributed by atoms with Crippen LogP contribution in [-0.2, 0) is 0 Å². The molecule has 0 radical (unpaired) electrons. The van der Waals surface area contributed by atoms with E-state index < -0.39 is 0 Å². The average molecular weight is 372 g/mol. The maximum absolute atomic E-state index is 10.8. The van der Waals surface area contributed by atoms with Crippen LogP contribution >= 0.6 is 22.7 Å². The van der Waals surface area contributed by atoms with Crippen LogP contribution in [0.3, 0.4) is 0 Å². The fraction of sp³-hybridized carbons (Fsp3) is 0.294. The zero-order valence-corrected chi connectivity index (χ0v) is 15.0. The minimum absolute atomic E-state index is 0.0723. The Hall–Kier alpha value is -2.16. The molecule has 0 aromatic carbocycles. The molecule has 0 saturated carbocycles. The molecule has 1 fully saturated rings. The molecule has 4 aromatic heterocycles. The molecule has 0 aliphatic carbocycles. The molecule has 25 heavy (non-hydrogen) atoms. The highest BCUT2D eigenvalue weighted by molar-refractivity contribution is 7.17. The van der Waals surface area contributed by atoms with Crippen LogP contribution in [0.2, 0.25) is 0 Å². The summed E-state index contributed by atoms with van der Waals surface area (Å²) >= 11 is 3.22. The lowest BCUT2D eigenvalue weighted by molar-refractivity contribution is 0.280. The second kappa shape index (κ2) is 5.98. The highest BCUT2D eigenvalue weighted by atomic mass is 32.1. The van der Waals surface area contributed by atoms with Gasteiger partial charge in [-0.05, 0) is 49.5 Å². The van der Waals surface area contributed by atoms with E-state index in [1.54, 1.807) is 23.7 Å². The minimum Gasteiger partial charge on any atom is -0.492 e. The van der Waals surface area contributed by atoms with E-state index in [9.17, 15) is 5.11 Å². The average Bonchev–Trinajstić information content (AvgIpc) is 3.42. The summed E-state index contributed by atoms with van der Waals surface area (Å²) in [6, 6.07) is 7.89. The third-order valence-electron chi connectivity index (χ3n) is 4.51. The van der Waals surface area contributed by atoms with Gasteiger partial charge < -0.3 is 9.52 Å². The monoisotopic (exact) mass is 372 g/mol. The van der Waals surface area contributed by atoms with E-state index >= 15 is 0 Å². The number of thiophene rings is 1. The molecule has 1 N–H and O–H groups in total. The zero-order valence-electron chi connectivity index (χ0n) is 13.3. The molecule has 6 nitrogen and oxygen atoms in total. The number of hydrogen-bond donors (Lipinski definition) is 1. The first-order chi connectivity index (χ1) is 12.3. The Kier molecular flexibility index (Phi) is 3.61. The van der Waals surface area contributed by atoms with Gasteiger partial charge >= 0.3 is 0 Å². The summed E-state index contributed by atoms with van der Waals surface area (Å²) in [4.78, 5) is 9.79. The topological polar surface area (TPSA) is 66.8 Å². The summed E-state index contributed by atoms with van der Waals surface area (Å²) in [5.41, 5.74) is 0. The predicted octanol–water partition coefficient (Wildman–Crippen LogP) is 4.00. The van der Waals surface area contributed by atoms with Crippen molar-refractivity contribution in [3.63, 3.8) is 0 Å². The predicted molar refractivity (Wildman–Crippen MR) is 97.2 cm³/mol. The van der Waals surface area contributed by atoms with E-state index in [1.807, 2.05) is 6.07 Å². The van der Waals surface area contributed by atoms with E-state index in [-0.39, 0.29) is 11.9 Å². The van der Waals surface area contributed by atoms with E-state index in [4.69, 9.17) is 4.42 Å². The van der Waals surface area contributed by atoms with E-state index in [0.29, 0.717) is 16.5 Å². The van der Waals surface area contributed by atoms with Crippen molar-refractivity contribution in [1.82, 2.24) is 19.5 Å². The number of aromatic nitrogens is 3. The van der Waals surface area contributed by atoms with Gasteiger partial charge in [0.15, 0.2) is 5.76 Å². The van der Waals surface area contributed by atoms with Gasteiger partial charge in [-0.1, -0.05) is 17.4 Å². The molecule has 4 aromatic rings. The van der Waals surface area contributed by atoms with E-state index in [2.05, 4.69) is 32.5 Å². The highest BCUT2D eigenvalue weighted by Gasteiger charge is 2.31. The van der Waals surface area contributed by atoms with Crippen molar-refractivity contribution >= 4 is 27.6 Å². The van der Waals surface area contributed by atoms with Gasteiger partial charge in [-0.25, -0.2) is 0 Å². The highest BCUT2D eigenvalue weighted by Crippen LogP contribution is 2.42. The number of fused-ring (bicyclic) bond motifs is 1. The van der Waals surface area contributed by atoms with E-state index in [1.165, 1.54) is 33.6 Å². The van der Waals surface area contributed by atoms with Crippen molar-refractivity contribution in [1.29, 1.82) is 0 Å². The quantitative estimate of drug-likeness (QED) is 0.586. The van der Waals surface area contributed by atoms with Crippen LogP contribution in [0.25, 0.3) is 16.5 Å². The summed E-state index contributed by atoms with van der Waals surface area (Å²) < 4.78 is 6.88. The zero-order chi connectivity index (χ0) is 16.8. The minimum atomic E-state index is 0.0723. The maximum Gasteiger partial charge on any atom is 0.230 e. The number of rotatable bonds is 4. The third kappa shape index (κ3) is 2.48. The number of furan rings is 1. The van der Waals surface area contributed by atoms with Gasteiger partial charge in [0.25, 0.3) is 0 Å². The molecule has 0 bridgehead atoms. The Morgan fingerprint density at radius 2 is 2.08 bits per heavy atom. The van der Waals surface area contributed by atoms with Gasteiger partial charge in [0.2, 0.25) is 16.7 Å². The molecule has 8 heteroatoms. The summed E-state index contributed by atoms with van der Waals surface area (Å²) in [7, 11) is 0. The van der Waals surface area contributed by atoms with Crippen LogP contribution in [-0.4, -0.2) is 37.7 Å². The molecule has 1 aliphatic heterocycles. The standard InChI is InChI=1S/C17H16N4O2S2/c22-16-14(13(12-6-4-10-24-12)20-7-1-2-8-20)25-17-18-15(19-21(16)17)11-5-3-9-23-11/h3-6,9-10,13,22H,1-2,7-8H2. The second-order valence-corrected chi connectivity index (χ2v) is 8.05. The Bertz CT molecular complexity index is 982. The summed E-state index contributed by atoms with van der Waals surface area (Å²) in [5, 5.41) is 17.4. The van der Waals surface area contributed by atoms with Crippen molar-refractivity contribution in [3.05, 3.63) is 45.7 Å². The molecular formula is C17H16N4O2S2. The summed E-state index contributed by atoms with van der Waals surface area (Å²) in [6.07, 6.45) is 3.99. The second-order valence-electron chi connectivity index (χ2n) is 6.06. The van der Waals surface area contributed by atoms with Crippen LogP contribution in [0.4, 0.5) is 0 Å². The number of nitrogens with zero attached hydrogens (tertiary/aromatic N) is 4. The Balaban J connectivity index is 1.60. The molecule has 1 atom stereocenters. The molecule has 0 spiro atoms. The Morgan fingerprint density at radius 1 is 1.20 bits per heavy atom. The molecule has 1 aliphatic rings. The van der Waals surface area contributed by atoms with Crippen molar-refractivity contribution in [2.75, 3.05) is 13.1 Å². The third-order valence-corrected chi connectivity index (χ3v) is 6.51. The van der Waals surface area contributed by atoms with Gasteiger partial charge in [0.05, 0.1) is 17.2 Å². The van der Waals surface area contributed by atoms with Crippen molar-refractivity contribution in [2.45, 2.75) is 18.9 Å². The first-order valence-corrected chi connectivity index (χ1v) is 9.90. The maximum atomic E-state index is 10.8. The normalized spacial score (nSPS) is 16.8. The molecule has 5 rings (SSSR count). The van der Waals surface area contributed by atoms with E-state index in [0.717, 1.165) is 18.0 Å². The smallest absolute Gasteiger partial charge is 0.230 e. The lowest BCUT2D eigenvalue weighted by Crippen LogP contribution is -2.25. The fourth-order valence-electron chi connectivity index (χ4n) is 3.36. The van der Waals surface area contributed by atoms with Crippen molar-refractivity contribution < 1.29 is 9.52 Å². The first-order valence-electron chi connectivity index (χ1n) is 8.21. The van der Waals surface area contributed by atoms with Gasteiger partial charge in [0, 0.05) is 4.88 Å². The van der Waals surface area contributed by atoms with Crippen molar-refractivity contribution in [2.24, 2.45) is 0 Å². The molecular weight excluding hydrogens is 356 g/mol. The van der Waals surface area contributed by atoms with Gasteiger partial charge in [-0.3, -0.25) is 4.90 Å². The lowest BCUT2D eigenvalue weighted by atomic mass is 10.2. The lowest BCUT2D eigenvalue weighted by Gasteiger charge is -2.25. The first kappa shape index (κ1) is 15.1. The summed E-state index contributed by atoms with van der Waals surface area (Å²) in [5.74, 6) is 1.27. The molecule has 1 saturated heterocycles. The van der Waals surface area contributed by atoms with Gasteiger partial charge in [0.1, 0.15) is 0 Å². The number of likely N-dealkylation sites (tertiary alicyclic amines) is 1. The summed E-state index contributed by atoms with van der Waals surface area (Å²) in [6.45, 7) is 2.10. The van der Waals surface area contributed by atoms with Crippen LogP contribution in [0, 0.1) is 0 Å². The molecule has 0 amide bonds. The SMILES string of the molecule is Oc1c(C(c2cccs2)N2CCCC2)sc2nc(-c3ccco3)nn12. The fourth-order valence-corrected chi connectivity index (χ4v) is 5.41. The number of aromatic hydroxyl groups is 1. The van der Waals surface area contributed by atoms with Crippen LogP contribution in [0.15, 0.2) is 40.3 Å². The number of thiazole rings is 1. The van der Waals surface area contributed by atoms with Gasteiger partial charge in [-0.2, -0.15) is 9.50 Å². The molecule has 128 valence electrons. The Morgan fingerprint density at radius 3 is 2.76 bits per heavy atom. The largest absolute Gasteiger partial charge is 0.492 e. The Labute approximate surface area is 152 Å². The number of hydrogen-bond acceptors (Lipinski definition) is 7. The van der Waals surface area contributed by atoms with Crippen LogP contribution in [0.1, 0.15) is 28.6 Å². The van der Waals surface area contributed by atoms with Crippen LogP contribution < -0.4 is 0 Å².